The molecule has 2 aromatic rings. The second kappa shape index (κ2) is 8.88. The van der Waals surface area contributed by atoms with E-state index < -0.39 is 23.4 Å². The van der Waals surface area contributed by atoms with Gasteiger partial charge in [0.2, 0.25) is 6.79 Å². The summed E-state index contributed by atoms with van der Waals surface area (Å²) in [5.74, 6) is 0.451. The Morgan fingerprint density at radius 2 is 1.88 bits per heavy atom. The van der Waals surface area contributed by atoms with Gasteiger partial charge in [-0.2, -0.15) is 5.01 Å². The Kier molecular flexibility index (Phi) is 6.00. The Balaban J connectivity index is 1.30. The summed E-state index contributed by atoms with van der Waals surface area (Å²) in [6.45, 7) is 2.37. The maximum absolute atomic E-state index is 12.9. The van der Waals surface area contributed by atoms with Crippen molar-refractivity contribution in [3.63, 3.8) is 0 Å². The Labute approximate surface area is 186 Å². The molecule has 0 spiro atoms. The van der Waals surface area contributed by atoms with Gasteiger partial charge in [-0.25, -0.2) is 4.79 Å². The number of fused-ring (bicyclic) bond motifs is 1. The molecule has 0 unspecified atom stereocenters. The molecule has 2 aromatic carbocycles. The van der Waals surface area contributed by atoms with Crippen molar-refractivity contribution in [3.8, 4) is 11.5 Å². The van der Waals surface area contributed by atoms with Crippen LogP contribution in [0.25, 0.3) is 0 Å². The number of likely N-dealkylation sites (N-methyl/N-ethyl adjacent to an activating group) is 1. The van der Waals surface area contributed by atoms with Gasteiger partial charge in [0, 0.05) is 6.54 Å². The Bertz CT molecular complexity index is 1030. The minimum absolute atomic E-state index is 0.00618. The van der Waals surface area contributed by atoms with Crippen molar-refractivity contribution in [2.45, 2.75) is 31.8 Å². The summed E-state index contributed by atoms with van der Waals surface area (Å²) in [4.78, 5) is 39.5. The molecular formula is C23H26N4O5. The van der Waals surface area contributed by atoms with Crippen molar-refractivity contribution < 1.29 is 23.9 Å². The van der Waals surface area contributed by atoms with Crippen LogP contribution in [0.5, 0.6) is 11.5 Å². The number of amides is 4. The number of nitrogens with zero attached hydrogens (tertiary/aromatic N) is 2. The quantitative estimate of drug-likeness (QED) is 0.610. The first-order valence-electron chi connectivity index (χ1n) is 10.4. The van der Waals surface area contributed by atoms with Crippen LogP contribution in [0, 0.1) is 0 Å². The molecule has 0 aromatic heterocycles. The lowest BCUT2D eigenvalue weighted by molar-refractivity contribution is -0.139. The van der Waals surface area contributed by atoms with E-state index >= 15 is 0 Å². The van der Waals surface area contributed by atoms with Gasteiger partial charge in [0.05, 0.1) is 6.54 Å². The van der Waals surface area contributed by atoms with Gasteiger partial charge in [-0.3, -0.25) is 19.9 Å². The number of nitrogens with one attached hydrogen (secondary N) is 2. The predicted octanol–water partition coefficient (Wildman–Crippen LogP) is 1.82. The molecule has 1 fully saturated rings. The smallest absolute Gasteiger partial charge is 0.344 e. The summed E-state index contributed by atoms with van der Waals surface area (Å²) in [5, 5.41) is 3.49. The SMILES string of the molecule is CN(CC(=O)NN1C(=O)N[C@@](C)(CCc2ccccc2)C1=O)Cc1ccc2c(c1)OCO2. The third kappa shape index (κ3) is 4.67. The van der Waals surface area contributed by atoms with Gasteiger partial charge in [0.25, 0.3) is 11.8 Å². The first-order chi connectivity index (χ1) is 15.3. The minimum atomic E-state index is -1.07. The van der Waals surface area contributed by atoms with Gasteiger partial charge in [0.1, 0.15) is 5.54 Å². The second-order valence-electron chi connectivity index (χ2n) is 8.28. The molecule has 2 heterocycles. The van der Waals surface area contributed by atoms with E-state index in [1.165, 1.54) is 0 Å². The fraction of sp³-hybridized carbons (Fsp3) is 0.348. The molecule has 4 rings (SSSR count). The van der Waals surface area contributed by atoms with Crippen molar-refractivity contribution in [1.82, 2.24) is 20.7 Å². The second-order valence-corrected chi connectivity index (χ2v) is 8.28. The Hall–Kier alpha value is -3.59. The van der Waals surface area contributed by atoms with Gasteiger partial charge >= 0.3 is 6.03 Å². The topological polar surface area (TPSA) is 100 Å². The van der Waals surface area contributed by atoms with Gasteiger partial charge < -0.3 is 14.8 Å². The van der Waals surface area contributed by atoms with Gasteiger partial charge in [-0.1, -0.05) is 36.4 Å². The summed E-state index contributed by atoms with van der Waals surface area (Å²) >= 11 is 0. The maximum atomic E-state index is 12.9. The van der Waals surface area contributed by atoms with Crippen LogP contribution in [0.1, 0.15) is 24.5 Å². The van der Waals surface area contributed by atoms with E-state index in [9.17, 15) is 14.4 Å². The minimum Gasteiger partial charge on any atom is -0.454 e. The zero-order chi connectivity index (χ0) is 22.7. The van der Waals surface area contributed by atoms with E-state index in [4.69, 9.17) is 9.47 Å². The highest BCUT2D eigenvalue weighted by atomic mass is 16.7. The summed E-state index contributed by atoms with van der Waals surface area (Å²) < 4.78 is 10.7. The molecule has 2 aliphatic rings. The number of rotatable bonds is 8. The number of ether oxygens (including phenoxy) is 2. The molecule has 0 aliphatic carbocycles. The van der Waals surface area contributed by atoms with Crippen LogP contribution in [0.2, 0.25) is 0 Å². The summed E-state index contributed by atoms with van der Waals surface area (Å²) in [5.41, 5.74) is 3.39. The summed E-state index contributed by atoms with van der Waals surface area (Å²) in [6.07, 6.45) is 1.06. The highest BCUT2D eigenvalue weighted by Crippen LogP contribution is 2.32. The largest absolute Gasteiger partial charge is 0.454 e. The molecule has 2 aliphatic heterocycles. The Morgan fingerprint density at radius 1 is 1.12 bits per heavy atom. The van der Waals surface area contributed by atoms with Crippen LogP contribution in [0.4, 0.5) is 4.79 Å². The predicted molar refractivity (Wildman–Crippen MR) is 116 cm³/mol. The number of hydrazine groups is 1. The number of aryl methyl sites for hydroxylation is 1. The molecule has 32 heavy (non-hydrogen) atoms. The fourth-order valence-electron chi connectivity index (χ4n) is 3.81. The molecule has 0 saturated carbocycles. The average Bonchev–Trinajstić information content (AvgIpc) is 3.31. The molecule has 168 valence electrons. The summed E-state index contributed by atoms with van der Waals surface area (Å²) in [6, 6.07) is 14.7. The number of carbonyl (C=O) groups is 3. The van der Waals surface area contributed by atoms with E-state index in [0.29, 0.717) is 30.9 Å². The molecule has 9 heteroatoms. The standard InChI is InChI=1S/C23H26N4O5/c1-23(11-10-16-6-4-3-5-7-16)21(29)27(22(30)24-23)25-20(28)14-26(2)13-17-8-9-18-19(12-17)32-15-31-18/h3-9,12H,10-11,13-15H2,1-2H3,(H,24,30)(H,25,28)/t23-/m0/s1. The van der Waals surface area contributed by atoms with Crippen LogP contribution in [0.15, 0.2) is 48.5 Å². The lowest BCUT2D eigenvalue weighted by Crippen LogP contribution is -2.51. The molecule has 0 bridgehead atoms. The first kappa shape index (κ1) is 21.6. The van der Waals surface area contributed by atoms with Crippen LogP contribution < -0.4 is 20.2 Å². The third-order valence-electron chi connectivity index (χ3n) is 5.56. The lowest BCUT2D eigenvalue weighted by atomic mass is 9.93. The van der Waals surface area contributed by atoms with Crippen molar-refractivity contribution in [1.29, 1.82) is 0 Å². The van der Waals surface area contributed by atoms with Gasteiger partial charge in [-0.15, -0.1) is 0 Å². The van der Waals surface area contributed by atoms with Crippen LogP contribution in [-0.4, -0.2) is 53.7 Å². The zero-order valence-electron chi connectivity index (χ0n) is 18.1. The lowest BCUT2D eigenvalue weighted by Gasteiger charge is -2.22. The number of carbonyl (C=O) groups excluding carboxylic acids is 3. The number of hydrogen-bond donors (Lipinski definition) is 2. The molecule has 1 atom stereocenters. The van der Waals surface area contributed by atoms with Crippen LogP contribution in [-0.2, 0) is 22.6 Å². The van der Waals surface area contributed by atoms with Crippen molar-refractivity contribution in [3.05, 3.63) is 59.7 Å². The van der Waals surface area contributed by atoms with Crippen molar-refractivity contribution >= 4 is 17.8 Å². The highest BCUT2D eigenvalue weighted by molar-refractivity contribution is 6.07. The monoisotopic (exact) mass is 438 g/mol. The first-order valence-corrected chi connectivity index (χ1v) is 10.4. The van der Waals surface area contributed by atoms with E-state index in [2.05, 4.69) is 10.7 Å². The maximum Gasteiger partial charge on any atom is 0.344 e. The van der Waals surface area contributed by atoms with Crippen molar-refractivity contribution in [2.75, 3.05) is 20.4 Å². The normalized spacial score (nSPS) is 19.4. The number of benzene rings is 2. The van der Waals surface area contributed by atoms with Crippen molar-refractivity contribution in [2.24, 2.45) is 0 Å². The number of urea groups is 1. The average molecular weight is 438 g/mol. The molecule has 0 radical (unpaired) electrons. The van der Waals surface area contributed by atoms with E-state index in [1.54, 1.807) is 18.9 Å². The number of imide groups is 1. The third-order valence-corrected chi connectivity index (χ3v) is 5.56. The van der Waals surface area contributed by atoms with Gasteiger partial charge in [-0.05, 0) is 50.1 Å². The van der Waals surface area contributed by atoms with E-state index in [0.717, 1.165) is 16.1 Å². The van der Waals surface area contributed by atoms with E-state index in [-0.39, 0.29) is 13.3 Å². The molecule has 2 N–H and O–H groups in total. The molecule has 9 nitrogen and oxygen atoms in total. The van der Waals surface area contributed by atoms with Gasteiger partial charge in [0.15, 0.2) is 11.5 Å². The zero-order valence-corrected chi connectivity index (χ0v) is 18.1. The Morgan fingerprint density at radius 3 is 2.66 bits per heavy atom. The van der Waals surface area contributed by atoms with Crippen LogP contribution >= 0.6 is 0 Å². The molecule has 4 amide bonds. The van der Waals surface area contributed by atoms with Crippen LogP contribution in [0.3, 0.4) is 0 Å². The summed E-state index contributed by atoms with van der Waals surface area (Å²) in [7, 11) is 1.78. The molecular weight excluding hydrogens is 412 g/mol. The highest BCUT2D eigenvalue weighted by Gasteiger charge is 2.48. The fourth-order valence-corrected chi connectivity index (χ4v) is 3.81. The number of hydrogen-bond acceptors (Lipinski definition) is 6. The van der Waals surface area contributed by atoms with E-state index in [1.807, 2.05) is 48.5 Å². The molecule has 1 saturated heterocycles.